The molecule has 9 nitrogen and oxygen atoms in total. The second-order valence-electron chi connectivity index (χ2n) is 8.98. The number of imide groups is 1. The fourth-order valence-corrected chi connectivity index (χ4v) is 4.83. The third kappa shape index (κ3) is 4.07. The van der Waals surface area contributed by atoms with Crippen LogP contribution in [0.4, 0.5) is 4.79 Å². The van der Waals surface area contributed by atoms with Gasteiger partial charge in [-0.1, -0.05) is 36.4 Å². The summed E-state index contributed by atoms with van der Waals surface area (Å²) in [6, 6.07) is 14.3. The summed E-state index contributed by atoms with van der Waals surface area (Å²) in [6.07, 6.45) is 2.69. The Bertz CT molecular complexity index is 1110. The molecule has 2 atom stereocenters. The summed E-state index contributed by atoms with van der Waals surface area (Å²) < 4.78 is 11.5. The molecule has 0 saturated carbocycles. The molecule has 3 aliphatic heterocycles. The maximum atomic E-state index is 13.0. The van der Waals surface area contributed by atoms with Crippen molar-refractivity contribution in [1.82, 2.24) is 20.7 Å². The Labute approximate surface area is 198 Å². The van der Waals surface area contributed by atoms with Crippen molar-refractivity contribution in [1.29, 1.82) is 0 Å². The molecular weight excluding hydrogens is 436 g/mol. The fourth-order valence-electron chi connectivity index (χ4n) is 4.83. The third-order valence-corrected chi connectivity index (χ3v) is 6.65. The lowest BCUT2D eigenvalue weighted by atomic mass is 9.92. The predicted molar refractivity (Wildman–Crippen MR) is 123 cm³/mol. The lowest BCUT2D eigenvalue weighted by molar-refractivity contribution is -0.139. The van der Waals surface area contributed by atoms with E-state index < -0.39 is 23.4 Å². The van der Waals surface area contributed by atoms with Crippen LogP contribution < -0.4 is 20.2 Å². The number of hydrogen-bond acceptors (Lipinski definition) is 6. The Morgan fingerprint density at radius 3 is 2.65 bits per heavy atom. The van der Waals surface area contributed by atoms with Gasteiger partial charge in [-0.15, -0.1) is 0 Å². The van der Waals surface area contributed by atoms with E-state index in [9.17, 15) is 14.4 Å². The molecule has 3 heterocycles. The zero-order valence-electron chi connectivity index (χ0n) is 19.1. The quantitative estimate of drug-likeness (QED) is 0.660. The molecule has 2 aromatic carbocycles. The Morgan fingerprint density at radius 1 is 1.09 bits per heavy atom. The van der Waals surface area contributed by atoms with Crippen LogP contribution in [0.5, 0.6) is 11.5 Å². The molecule has 2 N–H and O–H groups in total. The van der Waals surface area contributed by atoms with Crippen LogP contribution in [0.15, 0.2) is 48.5 Å². The highest BCUT2D eigenvalue weighted by Gasteiger charge is 2.50. The number of amides is 4. The number of hydrazine groups is 1. The number of fused-ring (bicyclic) bond motifs is 1. The molecule has 178 valence electrons. The van der Waals surface area contributed by atoms with E-state index in [1.807, 2.05) is 24.3 Å². The molecule has 2 saturated heterocycles. The van der Waals surface area contributed by atoms with Gasteiger partial charge in [-0.3, -0.25) is 19.9 Å². The molecule has 0 radical (unpaired) electrons. The van der Waals surface area contributed by atoms with Gasteiger partial charge in [-0.25, -0.2) is 4.79 Å². The zero-order valence-corrected chi connectivity index (χ0v) is 19.1. The zero-order chi connectivity index (χ0) is 23.7. The first-order chi connectivity index (χ1) is 16.5. The summed E-state index contributed by atoms with van der Waals surface area (Å²) in [5.74, 6) is 0.536. The number of urea groups is 1. The molecule has 0 aliphatic carbocycles. The van der Waals surface area contributed by atoms with Crippen molar-refractivity contribution in [3.05, 3.63) is 59.7 Å². The largest absolute Gasteiger partial charge is 0.490 e. The summed E-state index contributed by atoms with van der Waals surface area (Å²) in [6.45, 7) is 3.69. The van der Waals surface area contributed by atoms with Crippen LogP contribution in [-0.2, 0) is 15.1 Å². The Morgan fingerprint density at radius 2 is 1.85 bits per heavy atom. The lowest BCUT2D eigenvalue weighted by Crippen LogP contribution is -2.50. The first-order valence-electron chi connectivity index (χ1n) is 11.6. The van der Waals surface area contributed by atoms with E-state index >= 15 is 0 Å². The number of carbonyl (C=O) groups excluding carboxylic acids is 3. The normalized spacial score (nSPS) is 24.6. The molecule has 0 bridgehead atoms. The first kappa shape index (κ1) is 22.2. The molecule has 0 spiro atoms. The van der Waals surface area contributed by atoms with Crippen molar-refractivity contribution in [2.75, 3.05) is 26.3 Å². The van der Waals surface area contributed by atoms with Gasteiger partial charge in [-0.2, -0.15) is 5.01 Å². The lowest BCUT2D eigenvalue weighted by Gasteiger charge is -2.26. The molecule has 0 aromatic heterocycles. The highest BCUT2D eigenvalue weighted by atomic mass is 16.5. The summed E-state index contributed by atoms with van der Waals surface area (Å²) in [7, 11) is 0. The Balaban J connectivity index is 1.26. The van der Waals surface area contributed by atoms with Crippen LogP contribution in [0.1, 0.15) is 43.4 Å². The van der Waals surface area contributed by atoms with Gasteiger partial charge in [0.2, 0.25) is 0 Å². The number of likely N-dealkylation sites (tertiary alicyclic amines) is 1. The standard InChI is InChI=1S/C25H28N4O5/c1-25(18-7-3-2-4-8-18)23(31)29(24(32)26-25)27-22(30)16-28-12-5-9-19(28)17-10-11-20-21(15-17)34-14-6-13-33-20/h2-4,7-8,10-11,15,19H,5-6,9,12-14,16H2,1H3,(H,26,32)(H,27,30). The maximum Gasteiger partial charge on any atom is 0.344 e. The summed E-state index contributed by atoms with van der Waals surface area (Å²) >= 11 is 0. The van der Waals surface area contributed by atoms with Gasteiger partial charge in [0.25, 0.3) is 11.8 Å². The second kappa shape index (κ2) is 8.98. The average Bonchev–Trinajstić information content (AvgIpc) is 3.27. The van der Waals surface area contributed by atoms with Crippen LogP contribution in [0, 0.1) is 0 Å². The topological polar surface area (TPSA) is 100 Å². The maximum absolute atomic E-state index is 13.0. The molecule has 3 aliphatic rings. The van der Waals surface area contributed by atoms with Crippen molar-refractivity contribution in [2.24, 2.45) is 0 Å². The van der Waals surface area contributed by atoms with E-state index in [4.69, 9.17) is 9.47 Å². The van der Waals surface area contributed by atoms with E-state index in [0.29, 0.717) is 18.8 Å². The molecule has 2 aromatic rings. The number of carbonyl (C=O) groups is 3. The van der Waals surface area contributed by atoms with Gasteiger partial charge < -0.3 is 14.8 Å². The number of rotatable bonds is 5. The van der Waals surface area contributed by atoms with Gasteiger partial charge >= 0.3 is 6.03 Å². The van der Waals surface area contributed by atoms with Crippen LogP contribution >= 0.6 is 0 Å². The van der Waals surface area contributed by atoms with Gasteiger partial charge in [0, 0.05) is 12.5 Å². The third-order valence-electron chi connectivity index (χ3n) is 6.65. The molecule has 2 fully saturated rings. The fraction of sp³-hybridized carbons (Fsp3) is 0.400. The van der Waals surface area contributed by atoms with Crippen molar-refractivity contribution in [3.63, 3.8) is 0 Å². The van der Waals surface area contributed by atoms with Gasteiger partial charge in [0.1, 0.15) is 5.54 Å². The minimum absolute atomic E-state index is 0.0422. The monoisotopic (exact) mass is 464 g/mol. The summed E-state index contributed by atoms with van der Waals surface area (Å²) in [4.78, 5) is 40.5. The highest BCUT2D eigenvalue weighted by Crippen LogP contribution is 2.37. The molecule has 2 unspecified atom stereocenters. The Hall–Kier alpha value is -3.59. The molecule has 34 heavy (non-hydrogen) atoms. The van der Waals surface area contributed by atoms with Crippen molar-refractivity contribution in [2.45, 2.75) is 37.8 Å². The predicted octanol–water partition coefficient (Wildman–Crippen LogP) is 2.48. The van der Waals surface area contributed by atoms with Crippen LogP contribution in [-0.4, -0.2) is 54.1 Å². The number of ether oxygens (including phenoxy) is 2. The van der Waals surface area contributed by atoms with Crippen molar-refractivity contribution >= 4 is 17.8 Å². The molecule has 5 rings (SSSR count). The van der Waals surface area contributed by atoms with Gasteiger partial charge in [0.05, 0.1) is 19.8 Å². The van der Waals surface area contributed by atoms with Gasteiger partial charge in [-0.05, 0) is 49.6 Å². The van der Waals surface area contributed by atoms with Crippen molar-refractivity contribution in [3.8, 4) is 11.5 Å². The minimum Gasteiger partial charge on any atom is -0.490 e. The van der Waals surface area contributed by atoms with E-state index in [1.54, 1.807) is 31.2 Å². The number of nitrogens with one attached hydrogen (secondary N) is 2. The van der Waals surface area contributed by atoms with Crippen LogP contribution in [0.3, 0.4) is 0 Å². The first-order valence-corrected chi connectivity index (χ1v) is 11.6. The number of nitrogens with zero attached hydrogens (tertiary/aromatic N) is 2. The van der Waals surface area contributed by atoms with E-state index in [0.717, 1.165) is 47.9 Å². The minimum atomic E-state index is -1.23. The van der Waals surface area contributed by atoms with Crippen LogP contribution in [0.2, 0.25) is 0 Å². The summed E-state index contributed by atoms with van der Waals surface area (Å²) in [5, 5.41) is 3.48. The van der Waals surface area contributed by atoms with E-state index in [-0.39, 0.29) is 12.6 Å². The highest BCUT2D eigenvalue weighted by molar-refractivity contribution is 6.08. The number of benzene rings is 2. The van der Waals surface area contributed by atoms with Crippen LogP contribution in [0.25, 0.3) is 0 Å². The van der Waals surface area contributed by atoms with E-state index in [1.165, 1.54) is 0 Å². The van der Waals surface area contributed by atoms with Crippen molar-refractivity contribution < 1.29 is 23.9 Å². The second-order valence-corrected chi connectivity index (χ2v) is 8.98. The molecule has 4 amide bonds. The van der Waals surface area contributed by atoms with E-state index in [2.05, 4.69) is 15.6 Å². The Kier molecular flexibility index (Phi) is 5.87. The smallest absolute Gasteiger partial charge is 0.344 e. The summed E-state index contributed by atoms with van der Waals surface area (Å²) in [5.41, 5.74) is 2.99. The van der Waals surface area contributed by atoms with Gasteiger partial charge in [0.15, 0.2) is 11.5 Å². The molecular formula is C25H28N4O5. The number of hydrogen-bond donors (Lipinski definition) is 2. The SMILES string of the molecule is CC1(c2ccccc2)NC(=O)N(NC(=O)CN2CCCC2c2ccc3c(c2)OCCCO3)C1=O. The molecule has 9 heteroatoms. The average molecular weight is 465 g/mol.